The van der Waals surface area contributed by atoms with Gasteiger partial charge < -0.3 is 10.2 Å². The molecule has 1 aromatic heterocycles. The van der Waals surface area contributed by atoms with Crippen LogP contribution >= 0.6 is 0 Å². The molecule has 0 aliphatic carbocycles. The largest absolute Gasteiger partial charge is 0.491 e. The minimum atomic E-state index is -0.496. The van der Waals surface area contributed by atoms with Crippen LogP contribution in [0.2, 0.25) is 0 Å². The summed E-state index contributed by atoms with van der Waals surface area (Å²) in [5, 5.41) is 9.49. The lowest BCUT2D eigenvalue weighted by Gasteiger charge is -2.10. The molecule has 5 nitrogen and oxygen atoms in total. The second-order valence-corrected chi connectivity index (χ2v) is 3.54. The molecule has 3 N–H and O–H groups in total. The van der Waals surface area contributed by atoms with Crippen molar-refractivity contribution in [3.63, 3.8) is 0 Å². The second kappa shape index (κ2) is 4.85. The van der Waals surface area contributed by atoms with Gasteiger partial charge in [0.15, 0.2) is 11.6 Å². The number of ether oxygens (including phenoxy) is 1. The van der Waals surface area contributed by atoms with Gasteiger partial charge in [0.05, 0.1) is 23.4 Å². The summed E-state index contributed by atoms with van der Waals surface area (Å²) in [5.41, 5.74) is 3.54. The Balaban J connectivity index is 2.75. The molecule has 0 unspecified atom stereocenters. The van der Waals surface area contributed by atoms with E-state index in [1.54, 1.807) is 6.92 Å². The number of hydrogen-bond acceptors (Lipinski definition) is 5. The molecule has 0 saturated heterocycles. The normalized spacial score (nSPS) is 10.1. The number of nitrogens with two attached hydrogens (primary N) is 1. The Morgan fingerprint density at radius 1 is 1.56 bits per heavy atom. The van der Waals surface area contributed by atoms with E-state index in [2.05, 4.69) is 10.4 Å². The van der Waals surface area contributed by atoms with Gasteiger partial charge in [0.25, 0.3) is 0 Å². The highest BCUT2D eigenvalue weighted by Crippen LogP contribution is 2.30. The molecule has 18 heavy (non-hydrogen) atoms. The monoisotopic (exact) mass is 246 g/mol. The third kappa shape index (κ3) is 1.92. The molecule has 0 aliphatic rings. The van der Waals surface area contributed by atoms with Crippen LogP contribution in [-0.4, -0.2) is 11.6 Å². The van der Waals surface area contributed by atoms with Crippen LogP contribution in [0.25, 0.3) is 10.9 Å². The molecule has 0 radical (unpaired) electrons. The fourth-order valence-corrected chi connectivity index (χ4v) is 1.70. The van der Waals surface area contributed by atoms with Crippen LogP contribution in [0.3, 0.4) is 0 Å². The number of hydrogen-bond donors (Lipinski definition) is 2. The number of fused-ring (bicyclic) bond motifs is 1. The van der Waals surface area contributed by atoms with Gasteiger partial charge in [0, 0.05) is 17.6 Å². The Bertz CT molecular complexity index is 636. The van der Waals surface area contributed by atoms with Crippen LogP contribution in [0.4, 0.5) is 10.1 Å². The molecule has 0 aliphatic heterocycles. The van der Waals surface area contributed by atoms with Gasteiger partial charge in [-0.3, -0.25) is 10.8 Å². The summed E-state index contributed by atoms with van der Waals surface area (Å²) in [5.74, 6) is 5.00. The Morgan fingerprint density at radius 2 is 2.33 bits per heavy atom. The highest BCUT2D eigenvalue weighted by molar-refractivity contribution is 5.94. The molecular weight excluding hydrogens is 235 g/mol. The van der Waals surface area contributed by atoms with Crippen molar-refractivity contribution >= 4 is 16.6 Å². The van der Waals surface area contributed by atoms with Crippen molar-refractivity contribution in [1.29, 1.82) is 5.26 Å². The Labute approximate surface area is 103 Å². The zero-order chi connectivity index (χ0) is 13.1. The fraction of sp³-hybridized carbons (Fsp3) is 0.167. The van der Waals surface area contributed by atoms with E-state index in [9.17, 15) is 4.39 Å². The first kappa shape index (κ1) is 12.1. The standard InChI is InChI=1S/C12H11FN4O/c1-2-18-11-3-8-10(4-9(11)13)16-6-7(5-14)12(8)17-15/h3-4,6H,2,15H2,1H3,(H,16,17). The van der Waals surface area contributed by atoms with Crippen LogP contribution < -0.4 is 16.0 Å². The van der Waals surface area contributed by atoms with Crippen molar-refractivity contribution in [3.05, 3.63) is 29.7 Å². The quantitative estimate of drug-likeness (QED) is 0.638. The number of benzene rings is 1. The predicted octanol–water partition coefficient (Wildman–Crippen LogP) is 1.93. The molecule has 6 heteroatoms. The summed E-state index contributed by atoms with van der Waals surface area (Å²) in [6.07, 6.45) is 1.34. The number of halogens is 1. The first-order valence-corrected chi connectivity index (χ1v) is 5.33. The minimum absolute atomic E-state index is 0.110. The summed E-state index contributed by atoms with van der Waals surface area (Å²) in [6, 6.07) is 4.70. The van der Waals surface area contributed by atoms with E-state index in [1.165, 1.54) is 18.3 Å². The van der Waals surface area contributed by atoms with Crippen molar-refractivity contribution in [2.24, 2.45) is 5.84 Å². The van der Waals surface area contributed by atoms with Gasteiger partial charge >= 0.3 is 0 Å². The maximum Gasteiger partial charge on any atom is 0.167 e. The van der Waals surface area contributed by atoms with Gasteiger partial charge in [-0.2, -0.15) is 5.26 Å². The zero-order valence-corrected chi connectivity index (χ0v) is 9.70. The molecule has 1 aromatic carbocycles. The Hall–Kier alpha value is -2.39. The van der Waals surface area contributed by atoms with E-state index in [4.69, 9.17) is 15.8 Å². The zero-order valence-electron chi connectivity index (χ0n) is 9.70. The predicted molar refractivity (Wildman–Crippen MR) is 65.4 cm³/mol. The van der Waals surface area contributed by atoms with Crippen LogP contribution in [0.15, 0.2) is 18.3 Å². The number of nitrogens with one attached hydrogen (secondary N) is 1. The van der Waals surface area contributed by atoms with E-state index in [-0.39, 0.29) is 5.75 Å². The molecule has 92 valence electrons. The van der Waals surface area contributed by atoms with Gasteiger partial charge in [0.1, 0.15) is 6.07 Å². The molecular formula is C12H11FN4O. The topological polar surface area (TPSA) is 84.0 Å². The lowest BCUT2D eigenvalue weighted by atomic mass is 10.1. The molecule has 1 heterocycles. The second-order valence-electron chi connectivity index (χ2n) is 3.54. The molecule has 0 bridgehead atoms. The Morgan fingerprint density at radius 3 is 2.94 bits per heavy atom. The highest BCUT2D eigenvalue weighted by atomic mass is 19.1. The van der Waals surface area contributed by atoms with E-state index >= 15 is 0 Å². The smallest absolute Gasteiger partial charge is 0.167 e. The summed E-state index contributed by atoms with van der Waals surface area (Å²) >= 11 is 0. The van der Waals surface area contributed by atoms with Crippen molar-refractivity contribution < 1.29 is 9.13 Å². The maximum absolute atomic E-state index is 13.6. The molecule has 2 rings (SSSR count). The number of nitriles is 1. The summed E-state index contributed by atoms with van der Waals surface area (Å²) in [7, 11) is 0. The summed E-state index contributed by atoms with van der Waals surface area (Å²) < 4.78 is 18.8. The lowest BCUT2D eigenvalue weighted by molar-refractivity contribution is 0.322. The first-order chi connectivity index (χ1) is 8.71. The summed E-state index contributed by atoms with van der Waals surface area (Å²) in [4.78, 5) is 4.01. The SMILES string of the molecule is CCOc1cc2c(NN)c(C#N)cnc2cc1F. The van der Waals surface area contributed by atoms with Crippen molar-refractivity contribution in [3.8, 4) is 11.8 Å². The summed E-state index contributed by atoms with van der Waals surface area (Å²) in [6.45, 7) is 2.11. The molecule has 0 fully saturated rings. The average molecular weight is 246 g/mol. The third-order valence-electron chi connectivity index (χ3n) is 2.49. The van der Waals surface area contributed by atoms with E-state index < -0.39 is 5.82 Å². The van der Waals surface area contributed by atoms with Crippen molar-refractivity contribution in [2.75, 3.05) is 12.0 Å². The lowest BCUT2D eigenvalue weighted by Crippen LogP contribution is -2.09. The fourth-order valence-electron chi connectivity index (χ4n) is 1.70. The van der Waals surface area contributed by atoms with Gasteiger partial charge in [-0.15, -0.1) is 0 Å². The van der Waals surface area contributed by atoms with Gasteiger partial charge in [-0.25, -0.2) is 4.39 Å². The van der Waals surface area contributed by atoms with E-state index in [0.717, 1.165) is 0 Å². The minimum Gasteiger partial charge on any atom is -0.491 e. The molecule has 0 saturated carbocycles. The van der Waals surface area contributed by atoms with Crippen LogP contribution in [-0.2, 0) is 0 Å². The third-order valence-corrected chi connectivity index (χ3v) is 2.49. The van der Waals surface area contributed by atoms with Gasteiger partial charge in [-0.1, -0.05) is 0 Å². The van der Waals surface area contributed by atoms with Crippen LogP contribution in [0, 0.1) is 17.1 Å². The number of anilines is 1. The molecule has 0 atom stereocenters. The number of aromatic nitrogens is 1. The average Bonchev–Trinajstić information content (AvgIpc) is 2.38. The molecule has 2 aromatic rings. The van der Waals surface area contributed by atoms with E-state index in [1.807, 2.05) is 6.07 Å². The van der Waals surface area contributed by atoms with Crippen LogP contribution in [0.1, 0.15) is 12.5 Å². The van der Waals surface area contributed by atoms with Gasteiger partial charge in [-0.05, 0) is 13.0 Å². The Kier molecular flexibility index (Phi) is 3.26. The van der Waals surface area contributed by atoms with Gasteiger partial charge in [0.2, 0.25) is 0 Å². The first-order valence-electron chi connectivity index (χ1n) is 5.33. The number of rotatable bonds is 3. The number of nitrogen functional groups attached to an aromatic ring is 1. The van der Waals surface area contributed by atoms with E-state index in [0.29, 0.717) is 28.8 Å². The molecule has 0 spiro atoms. The van der Waals surface area contributed by atoms with Crippen molar-refractivity contribution in [1.82, 2.24) is 4.98 Å². The van der Waals surface area contributed by atoms with Crippen LogP contribution in [0.5, 0.6) is 5.75 Å². The maximum atomic E-state index is 13.6. The van der Waals surface area contributed by atoms with Crippen molar-refractivity contribution in [2.45, 2.75) is 6.92 Å². The highest BCUT2D eigenvalue weighted by Gasteiger charge is 2.12. The number of pyridine rings is 1. The number of hydrazine groups is 1. The number of nitrogens with zero attached hydrogens (tertiary/aromatic N) is 2. The molecule has 0 amide bonds.